The number of nitrogens with one attached hydrogen (secondary N) is 4. The molecule has 4 atom stereocenters. The first-order chi connectivity index (χ1) is 19.3. The first-order valence-corrected chi connectivity index (χ1v) is 13.1. The van der Waals surface area contributed by atoms with E-state index in [-0.39, 0.29) is 38.0 Å². The minimum Gasteiger partial charge on any atom is -0.469 e. The van der Waals surface area contributed by atoms with Crippen LogP contribution >= 0.6 is 0 Å². The monoisotopic (exact) mass is 547 g/mol. The summed E-state index contributed by atoms with van der Waals surface area (Å²) >= 11 is 0. The summed E-state index contributed by atoms with van der Waals surface area (Å²) in [6, 6.07) is 13.5. The Balaban J connectivity index is 1.69. The molecule has 2 heterocycles. The third-order valence-corrected chi connectivity index (χ3v) is 7.14. The molecule has 0 radical (unpaired) electrons. The maximum absolute atomic E-state index is 13.9. The van der Waals surface area contributed by atoms with Crippen molar-refractivity contribution in [3.05, 3.63) is 71.9 Å². The number of amides is 4. The Morgan fingerprint density at radius 2 is 1.77 bits per heavy atom. The summed E-state index contributed by atoms with van der Waals surface area (Å²) < 4.78 is 4.84. The van der Waals surface area contributed by atoms with Gasteiger partial charge in [0.15, 0.2) is 0 Å². The summed E-state index contributed by atoms with van der Waals surface area (Å²) in [5, 5.41) is 8.95. The van der Waals surface area contributed by atoms with Gasteiger partial charge in [-0.2, -0.15) is 0 Å². The highest BCUT2D eigenvalue weighted by atomic mass is 16.5. The molecule has 210 valence electrons. The zero-order valence-corrected chi connectivity index (χ0v) is 22.1. The molecular weight excluding hydrogens is 514 g/mol. The number of esters is 1. The van der Waals surface area contributed by atoms with E-state index in [1.54, 1.807) is 6.20 Å². The second-order valence-electron chi connectivity index (χ2n) is 9.81. The van der Waals surface area contributed by atoms with Gasteiger partial charge in [0.2, 0.25) is 23.6 Å². The van der Waals surface area contributed by atoms with Crippen LogP contribution in [0.2, 0.25) is 0 Å². The van der Waals surface area contributed by atoms with Crippen LogP contribution in [-0.2, 0) is 35.1 Å². The molecule has 1 aliphatic rings. The van der Waals surface area contributed by atoms with Crippen LogP contribution in [0.5, 0.6) is 0 Å². The Morgan fingerprint density at radius 3 is 2.45 bits per heavy atom. The van der Waals surface area contributed by atoms with Gasteiger partial charge in [-0.25, -0.2) is 0 Å². The fraction of sp³-hybridized carbons (Fsp3) is 0.345. The molecule has 1 unspecified atom stereocenters. The fourth-order valence-electron chi connectivity index (χ4n) is 5.03. The van der Waals surface area contributed by atoms with Crippen molar-refractivity contribution in [2.45, 2.75) is 56.1 Å². The van der Waals surface area contributed by atoms with Crippen LogP contribution in [0, 0.1) is 0 Å². The van der Waals surface area contributed by atoms with E-state index in [1.807, 2.05) is 54.6 Å². The number of fused-ring (bicyclic) bond motifs is 1. The van der Waals surface area contributed by atoms with Gasteiger partial charge in [-0.15, -0.1) is 0 Å². The molecule has 4 amide bonds. The zero-order chi connectivity index (χ0) is 28.6. The standard InChI is InChI=1S/C29H33N5O6/c1-40-25(36)14-11-19(20-16-31-21-10-6-5-9-18(20)21)26(34-28(38)22-12-13-24(35)32-22)29(39)33-23(27(30)37)15-17-7-3-2-4-8-17/h2-10,16,19,22-23,26,31H,11-15H2,1H3,(H2,30,37)(H,32,35)(H,33,39)(H,34,38)/t19?,22-,23-,26-/m0/s1. The fourth-order valence-corrected chi connectivity index (χ4v) is 5.03. The number of hydrogen-bond donors (Lipinski definition) is 5. The number of aromatic amines is 1. The van der Waals surface area contributed by atoms with E-state index in [4.69, 9.17) is 10.5 Å². The number of carbonyl (C=O) groups excluding carboxylic acids is 5. The number of benzene rings is 2. The molecule has 3 aromatic rings. The predicted molar refractivity (Wildman–Crippen MR) is 147 cm³/mol. The van der Waals surface area contributed by atoms with Crippen LogP contribution in [0.4, 0.5) is 0 Å². The summed E-state index contributed by atoms with van der Waals surface area (Å²) in [5.41, 5.74) is 7.96. The van der Waals surface area contributed by atoms with Gasteiger partial charge in [-0.3, -0.25) is 24.0 Å². The van der Waals surface area contributed by atoms with Gasteiger partial charge in [0.1, 0.15) is 18.1 Å². The maximum Gasteiger partial charge on any atom is 0.305 e. The molecule has 1 fully saturated rings. The van der Waals surface area contributed by atoms with Crippen LogP contribution in [-0.4, -0.2) is 59.8 Å². The van der Waals surface area contributed by atoms with Gasteiger partial charge in [-0.1, -0.05) is 48.5 Å². The Bertz CT molecular complexity index is 1390. The molecule has 1 aromatic heterocycles. The number of carbonyl (C=O) groups is 5. The Labute approximate surface area is 231 Å². The minimum atomic E-state index is -1.20. The molecule has 0 saturated carbocycles. The van der Waals surface area contributed by atoms with Crippen LogP contribution in [0.15, 0.2) is 60.8 Å². The molecule has 0 bridgehead atoms. The highest BCUT2D eigenvalue weighted by Crippen LogP contribution is 2.32. The number of ether oxygens (including phenoxy) is 1. The summed E-state index contributed by atoms with van der Waals surface area (Å²) in [7, 11) is 1.28. The minimum absolute atomic E-state index is 0.0241. The number of H-pyrrole nitrogens is 1. The molecule has 11 heteroatoms. The van der Waals surface area contributed by atoms with Crippen molar-refractivity contribution in [2.24, 2.45) is 5.73 Å². The zero-order valence-electron chi connectivity index (χ0n) is 22.1. The lowest BCUT2D eigenvalue weighted by Gasteiger charge is -2.29. The Hall–Kier alpha value is -4.67. The van der Waals surface area contributed by atoms with E-state index in [2.05, 4.69) is 20.9 Å². The number of hydrogen-bond acceptors (Lipinski definition) is 6. The molecule has 6 N–H and O–H groups in total. The Morgan fingerprint density at radius 1 is 1.05 bits per heavy atom. The quantitative estimate of drug-likeness (QED) is 0.213. The third-order valence-electron chi connectivity index (χ3n) is 7.14. The SMILES string of the molecule is COC(=O)CCC(c1c[nH]c2ccccc12)[C@H](NC(=O)[C@@H]1CCC(=O)N1)C(=O)N[C@@H](Cc1ccccc1)C(N)=O. The van der Waals surface area contributed by atoms with Crippen molar-refractivity contribution in [3.63, 3.8) is 0 Å². The number of para-hydroxylation sites is 1. The molecule has 0 aliphatic carbocycles. The molecule has 1 saturated heterocycles. The maximum atomic E-state index is 13.9. The number of methoxy groups -OCH3 is 1. The molecule has 2 aromatic carbocycles. The predicted octanol–water partition coefficient (Wildman–Crippen LogP) is 1.18. The van der Waals surface area contributed by atoms with Crippen molar-refractivity contribution >= 4 is 40.5 Å². The van der Waals surface area contributed by atoms with Gasteiger partial charge in [0.05, 0.1) is 7.11 Å². The van der Waals surface area contributed by atoms with Gasteiger partial charge in [0.25, 0.3) is 0 Å². The topological polar surface area (TPSA) is 172 Å². The number of primary amides is 1. The second-order valence-corrected chi connectivity index (χ2v) is 9.81. The normalized spacial score (nSPS) is 16.9. The highest BCUT2D eigenvalue weighted by molar-refractivity contribution is 5.96. The summed E-state index contributed by atoms with van der Waals surface area (Å²) in [5.74, 6) is -3.33. The average molecular weight is 548 g/mol. The van der Waals surface area contributed by atoms with Crippen LogP contribution in [0.25, 0.3) is 10.9 Å². The first kappa shape index (κ1) is 28.3. The van der Waals surface area contributed by atoms with Crippen LogP contribution < -0.4 is 21.7 Å². The molecule has 4 rings (SSSR count). The lowest BCUT2D eigenvalue weighted by molar-refractivity contribution is -0.141. The molecule has 11 nitrogen and oxygen atoms in total. The van der Waals surface area contributed by atoms with Crippen molar-refractivity contribution in [1.82, 2.24) is 20.9 Å². The van der Waals surface area contributed by atoms with Crippen molar-refractivity contribution in [1.29, 1.82) is 0 Å². The van der Waals surface area contributed by atoms with Gasteiger partial charge in [-0.05, 0) is 30.0 Å². The molecule has 1 aliphatic heterocycles. The largest absolute Gasteiger partial charge is 0.469 e. The van der Waals surface area contributed by atoms with Gasteiger partial charge >= 0.3 is 5.97 Å². The lowest BCUT2D eigenvalue weighted by atomic mass is 9.86. The van der Waals surface area contributed by atoms with Gasteiger partial charge in [0, 0.05) is 42.3 Å². The Kier molecular flexibility index (Phi) is 9.15. The second kappa shape index (κ2) is 12.9. The van der Waals surface area contributed by atoms with Crippen molar-refractivity contribution in [3.8, 4) is 0 Å². The molecular formula is C29H33N5O6. The molecule has 0 spiro atoms. The summed E-state index contributed by atoms with van der Waals surface area (Å²) in [6.45, 7) is 0. The highest BCUT2D eigenvalue weighted by Gasteiger charge is 2.37. The summed E-state index contributed by atoms with van der Waals surface area (Å²) in [4.78, 5) is 66.6. The molecule has 40 heavy (non-hydrogen) atoms. The van der Waals surface area contributed by atoms with Crippen LogP contribution in [0.3, 0.4) is 0 Å². The van der Waals surface area contributed by atoms with E-state index in [0.29, 0.717) is 5.56 Å². The van der Waals surface area contributed by atoms with E-state index < -0.39 is 47.7 Å². The number of aromatic nitrogens is 1. The van der Waals surface area contributed by atoms with E-state index in [0.717, 1.165) is 16.5 Å². The van der Waals surface area contributed by atoms with E-state index in [9.17, 15) is 24.0 Å². The van der Waals surface area contributed by atoms with Crippen LogP contribution in [0.1, 0.15) is 42.7 Å². The average Bonchev–Trinajstić information content (AvgIpc) is 3.59. The van der Waals surface area contributed by atoms with E-state index in [1.165, 1.54) is 7.11 Å². The number of nitrogens with two attached hydrogens (primary N) is 1. The third kappa shape index (κ3) is 6.85. The number of rotatable bonds is 12. The smallest absolute Gasteiger partial charge is 0.305 e. The van der Waals surface area contributed by atoms with Crippen molar-refractivity contribution in [2.75, 3.05) is 7.11 Å². The van der Waals surface area contributed by atoms with Gasteiger partial charge < -0.3 is 31.4 Å². The van der Waals surface area contributed by atoms with Crippen molar-refractivity contribution < 1.29 is 28.7 Å². The lowest BCUT2D eigenvalue weighted by Crippen LogP contribution is -2.57. The van der Waals surface area contributed by atoms with E-state index >= 15 is 0 Å². The summed E-state index contributed by atoms with van der Waals surface area (Å²) in [6.07, 6.45) is 2.52. The first-order valence-electron chi connectivity index (χ1n) is 13.1.